The van der Waals surface area contributed by atoms with Crippen LogP contribution in [-0.4, -0.2) is 31.1 Å². The van der Waals surface area contributed by atoms with Gasteiger partial charge in [0.15, 0.2) is 0 Å². The molecule has 1 aliphatic rings. The maximum Gasteiger partial charge on any atom is 0.123 e. The molecule has 0 spiro atoms. The predicted molar refractivity (Wildman–Crippen MR) is 88.0 cm³/mol. The van der Waals surface area contributed by atoms with Crippen LogP contribution in [-0.2, 0) is 0 Å². The highest BCUT2D eigenvalue weighted by atomic mass is 79.9. The van der Waals surface area contributed by atoms with E-state index in [0.717, 1.165) is 36.2 Å². The third-order valence-corrected chi connectivity index (χ3v) is 4.31. The average molecular weight is 366 g/mol. The van der Waals surface area contributed by atoms with Gasteiger partial charge in [-0.25, -0.2) is 4.39 Å². The van der Waals surface area contributed by atoms with Gasteiger partial charge in [-0.3, -0.25) is 4.90 Å². The topological polar surface area (TPSA) is 15.3 Å². The second kappa shape index (κ2) is 7.21. The van der Waals surface area contributed by atoms with E-state index in [2.05, 4.69) is 46.9 Å². The van der Waals surface area contributed by atoms with E-state index in [1.54, 1.807) is 6.07 Å². The van der Waals surface area contributed by atoms with E-state index >= 15 is 0 Å². The van der Waals surface area contributed by atoms with Crippen LogP contribution in [0.4, 0.5) is 4.39 Å². The SMILES string of the molecule is CC(C)(C)[C@@H](c1cc(F)ccc1Br)N1CCNCC1.Cl. The van der Waals surface area contributed by atoms with Gasteiger partial charge in [0.25, 0.3) is 0 Å². The number of nitrogens with one attached hydrogen (secondary N) is 1. The van der Waals surface area contributed by atoms with Crippen molar-refractivity contribution >= 4 is 28.3 Å². The van der Waals surface area contributed by atoms with Gasteiger partial charge in [0.1, 0.15) is 5.82 Å². The summed E-state index contributed by atoms with van der Waals surface area (Å²) in [6, 6.07) is 5.21. The minimum absolute atomic E-state index is 0. The molecular weight excluding hydrogens is 343 g/mol. The minimum atomic E-state index is -0.164. The first kappa shape index (κ1) is 17.9. The molecule has 0 amide bonds. The first-order valence-corrected chi connectivity index (χ1v) is 7.58. The van der Waals surface area contributed by atoms with E-state index in [9.17, 15) is 4.39 Å². The van der Waals surface area contributed by atoms with Crippen LogP contribution in [0, 0.1) is 11.2 Å². The van der Waals surface area contributed by atoms with Gasteiger partial charge in [-0.05, 0) is 29.2 Å². The van der Waals surface area contributed by atoms with E-state index < -0.39 is 0 Å². The van der Waals surface area contributed by atoms with Gasteiger partial charge in [-0.2, -0.15) is 0 Å². The zero-order valence-corrected chi connectivity index (χ0v) is 14.7. The fourth-order valence-corrected chi connectivity index (χ4v) is 3.34. The molecular formula is C15H23BrClFN2. The quantitative estimate of drug-likeness (QED) is 0.852. The molecule has 2 rings (SSSR count). The standard InChI is InChI=1S/C15H22BrFN2.ClH/c1-15(2,3)14(19-8-6-18-7-9-19)12-10-11(17)4-5-13(12)16;/h4-5,10,14,18H,6-9H2,1-3H3;1H/t14-;/m1./s1. The van der Waals surface area contributed by atoms with Crippen molar-refractivity contribution in [2.75, 3.05) is 26.2 Å². The van der Waals surface area contributed by atoms with Crippen molar-refractivity contribution in [3.63, 3.8) is 0 Å². The summed E-state index contributed by atoms with van der Waals surface area (Å²) in [6.07, 6.45) is 0. The van der Waals surface area contributed by atoms with Gasteiger partial charge in [0.2, 0.25) is 0 Å². The van der Waals surface area contributed by atoms with Gasteiger partial charge in [-0.1, -0.05) is 36.7 Å². The van der Waals surface area contributed by atoms with Gasteiger partial charge < -0.3 is 5.32 Å². The second-order valence-electron chi connectivity index (χ2n) is 6.22. The third-order valence-electron chi connectivity index (χ3n) is 3.59. The Morgan fingerprint density at radius 1 is 1.25 bits per heavy atom. The summed E-state index contributed by atoms with van der Waals surface area (Å²) >= 11 is 3.58. The van der Waals surface area contributed by atoms with Crippen LogP contribution in [0.25, 0.3) is 0 Å². The van der Waals surface area contributed by atoms with Crippen LogP contribution >= 0.6 is 28.3 Å². The molecule has 1 aromatic rings. The van der Waals surface area contributed by atoms with Crippen LogP contribution in [0.1, 0.15) is 32.4 Å². The number of benzene rings is 1. The van der Waals surface area contributed by atoms with Crippen molar-refractivity contribution in [3.8, 4) is 0 Å². The molecule has 0 radical (unpaired) electrons. The normalized spacial score (nSPS) is 18.4. The summed E-state index contributed by atoms with van der Waals surface area (Å²) < 4.78 is 14.6. The Morgan fingerprint density at radius 3 is 2.40 bits per heavy atom. The molecule has 2 nitrogen and oxygen atoms in total. The first-order chi connectivity index (χ1) is 8.89. The van der Waals surface area contributed by atoms with Crippen LogP contribution < -0.4 is 5.32 Å². The lowest BCUT2D eigenvalue weighted by atomic mass is 9.81. The summed E-state index contributed by atoms with van der Waals surface area (Å²) in [4.78, 5) is 2.45. The Bertz CT molecular complexity index is 442. The molecule has 0 aromatic heterocycles. The molecule has 0 aliphatic carbocycles. The smallest absolute Gasteiger partial charge is 0.123 e. The molecule has 0 unspecified atom stereocenters. The van der Waals surface area contributed by atoms with Crippen molar-refractivity contribution in [2.24, 2.45) is 5.41 Å². The van der Waals surface area contributed by atoms with E-state index in [0.29, 0.717) is 0 Å². The van der Waals surface area contributed by atoms with Crippen molar-refractivity contribution in [3.05, 3.63) is 34.1 Å². The zero-order chi connectivity index (χ0) is 14.0. The molecule has 1 fully saturated rings. The van der Waals surface area contributed by atoms with Crippen LogP contribution in [0.3, 0.4) is 0 Å². The Morgan fingerprint density at radius 2 is 1.85 bits per heavy atom. The van der Waals surface area contributed by atoms with Crippen molar-refractivity contribution in [1.29, 1.82) is 0 Å². The molecule has 1 saturated heterocycles. The molecule has 1 N–H and O–H groups in total. The van der Waals surface area contributed by atoms with E-state index in [1.807, 2.05) is 6.07 Å². The summed E-state index contributed by atoms with van der Waals surface area (Å²) in [6.45, 7) is 10.7. The Hall–Kier alpha value is -0.160. The molecule has 1 aromatic carbocycles. The molecule has 20 heavy (non-hydrogen) atoms. The molecule has 1 heterocycles. The lowest BCUT2D eigenvalue weighted by molar-refractivity contribution is 0.0855. The molecule has 114 valence electrons. The average Bonchev–Trinajstić information content (AvgIpc) is 2.33. The summed E-state index contributed by atoms with van der Waals surface area (Å²) in [7, 11) is 0. The molecule has 5 heteroatoms. The zero-order valence-electron chi connectivity index (χ0n) is 12.2. The maximum atomic E-state index is 13.6. The van der Waals surface area contributed by atoms with Gasteiger partial charge >= 0.3 is 0 Å². The van der Waals surface area contributed by atoms with Gasteiger partial charge in [0.05, 0.1) is 0 Å². The maximum absolute atomic E-state index is 13.6. The number of rotatable bonds is 2. The lowest BCUT2D eigenvalue weighted by Gasteiger charge is -2.43. The monoisotopic (exact) mass is 364 g/mol. The number of piperazine rings is 1. The summed E-state index contributed by atoms with van der Waals surface area (Å²) in [5.74, 6) is -0.164. The lowest BCUT2D eigenvalue weighted by Crippen LogP contribution is -2.48. The highest BCUT2D eigenvalue weighted by Crippen LogP contribution is 2.41. The van der Waals surface area contributed by atoms with Crippen LogP contribution in [0.2, 0.25) is 0 Å². The fraction of sp³-hybridized carbons (Fsp3) is 0.600. The van der Waals surface area contributed by atoms with E-state index in [4.69, 9.17) is 0 Å². The predicted octanol–water partition coefficient (Wildman–Crippen LogP) is 4.00. The number of nitrogens with zero attached hydrogens (tertiary/aromatic N) is 1. The largest absolute Gasteiger partial charge is 0.314 e. The van der Waals surface area contributed by atoms with Crippen LogP contribution in [0.5, 0.6) is 0 Å². The fourth-order valence-electron chi connectivity index (χ4n) is 2.88. The van der Waals surface area contributed by atoms with Gasteiger partial charge in [-0.15, -0.1) is 12.4 Å². The van der Waals surface area contributed by atoms with Crippen molar-refractivity contribution in [2.45, 2.75) is 26.8 Å². The Labute approximate surface area is 135 Å². The van der Waals surface area contributed by atoms with Crippen LogP contribution in [0.15, 0.2) is 22.7 Å². The molecule has 0 bridgehead atoms. The third kappa shape index (κ3) is 4.17. The Kier molecular flexibility index (Phi) is 6.45. The molecule has 0 saturated carbocycles. The number of hydrogen-bond acceptors (Lipinski definition) is 2. The molecule has 1 aliphatic heterocycles. The molecule has 1 atom stereocenters. The second-order valence-corrected chi connectivity index (χ2v) is 7.07. The number of halogens is 3. The highest BCUT2D eigenvalue weighted by molar-refractivity contribution is 9.10. The summed E-state index contributed by atoms with van der Waals surface area (Å²) in [5, 5.41) is 3.37. The summed E-state index contributed by atoms with van der Waals surface area (Å²) in [5.41, 5.74) is 1.11. The van der Waals surface area contributed by atoms with E-state index in [1.165, 1.54) is 6.07 Å². The van der Waals surface area contributed by atoms with Crippen molar-refractivity contribution in [1.82, 2.24) is 10.2 Å². The highest BCUT2D eigenvalue weighted by Gasteiger charge is 2.33. The number of hydrogen-bond donors (Lipinski definition) is 1. The van der Waals surface area contributed by atoms with Crippen molar-refractivity contribution < 1.29 is 4.39 Å². The van der Waals surface area contributed by atoms with Gasteiger partial charge in [0, 0.05) is 36.7 Å². The van der Waals surface area contributed by atoms with E-state index in [-0.39, 0.29) is 29.7 Å². The minimum Gasteiger partial charge on any atom is -0.314 e. The Balaban J connectivity index is 0.00000200. The first-order valence-electron chi connectivity index (χ1n) is 6.79.